The van der Waals surface area contributed by atoms with Gasteiger partial charge in [0.05, 0.1) is 11.9 Å². The van der Waals surface area contributed by atoms with E-state index >= 15 is 0 Å². The summed E-state index contributed by atoms with van der Waals surface area (Å²) in [6.45, 7) is 11.3. The molecule has 0 bridgehead atoms. The van der Waals surface area contributed by atoms with Crippen molar-refractivity contribution in [3.63, 3.8) is 0 Å². The zero-order valence-corrected chi connectivity index (χ0v) is 22.8. The van der Waals surface area contributed by atoms with Crippen molar-refractivity contribution in [2.24, 2.45) is 0 Å². The van der Waals surface area contributed by atoms with Gasteiger partial charge in [-0.1, -0.05) is 55.8 Å². The van der Waals surface area contributed by atoms with Gasteiger partial charge in [-0.2, -0.15) is 0 Å². The van der Waals surface area contributed by atoms with Gasteiger partial charge in [-0.15, -0.1) is 0 Å². The van der Waals surface area contributed by atoms with Gasteiger partial charge in [0.2, 0.25) is 21.8 Å². The number of amides is 2. The highest BCUT2D eigenvalue weighted by molar-refractivity contribution is 7.92. The lowest BCUT2D eigenvalue weighted by Gasteiger charge is -2.34. The molecule has 0 spiro atoms. The molecule has 0 saturated carbocycles. The van der Waals surface area contributed by atoms with Crippen LogP contribution in [0.25, 0.3) is 0 Å². The van der Waals surface area contributed by atoms with Crippen LogP contribution in [0, 0.1) is 6.92 Å². The number of sulfonamides is 1. The van der Waals surface area contributed by atoms with Crippen LogP contribution >= 0.6 is 0 Å². The number of anilines is 1. The van der Waals surface area contributed by atoms with Gasteiger partial charge in [0, 0.05) is 12.1 Å². The lowest BCUT2D eigenvalue weighted by molar-refractivity contribution is -0.141. The van der Waals surface area contributed by atoms with Crippen molar-refractivity contribution in [3.8, 4) is 0 Å². The third kappa shape index (κ3) is 8.38. The highest BCUT2D eigenvalue weighted by atomic mass is 32.2. The average molecular weight is 502 g/mol. The minimum absolute atomic E-state index is 0.197. The Hall–Kier alpha value is -2.87. The molecule has 2 rings (SSSR count). The molecule has 0 aliphatic heterocycles. The number of carbonyl (C=O) groups is 2. The van der Waals surface area contributed by atoms with Crippen molar-refractivity contribution in [3.05, 3.63) is 65.2 Å². The number of hydrogen-bond acceptors (Lipinski definition) is 4. The smallest absolute Gasteiger partial charge is 0.244 e. The first-order valence-electron chi connectivity index (χ1n) is 12.0. The Balaban J connectivity index is 2.45. The molecule has 0 radical (unpaired) electrons. The molecule has 0 heterocycles. The summed E-state index contributed by atoms with van der Waals surface area (Å²) in [5.41, 5.74) is 2.93. The monoisotopic (exact) mass is 501 g/mol. The number of nitrogens with one attached hydrogen (secondary N) is 1. The summed E-state index contributed by atoms with van der Waals surface area (Å²) in [5.74, 6) is -0.702. The third-order valence-electron chi connectivity index (χ3n) is 5.63. The van der Waals surface area contributed by atoms with E-state index in [-0.39, 0.29) is 12.5 Å². The fourth-order valence-corrected chi connectivity index (χ4v) is 4.74. The van der Waals surface area contributed by atoms with Gasteiger partial charge in [0.25, 0.3) is 0 Å². The van der Waals surface area contributed by atoms with Crippen LogP contribution in [0.1, 0.15) is 57.7 Å². The van der Waals surface area contributed by atoms with E-state index in [0.717, 1.165) is 33.7 Å². The summed E-state index contributed by atoms with van der Waals surface area (Å²) in [6.07, 6.45) is 2.30. The Labute approximate surface area is 210 Å². The van der Waals surface area contributed by atoms with Crippen molar-refractivity contribution in [2.45, 2.75) is 72.5 Å². The van der Waals surface area contributed by atoms with E-state index < -0.39 is 34.1 Å². The molecule has 0 aromatic heterocycles. The summed E-state index contributed by atoms with van der Waals surface area (Å²) in [7, 11) is -3.74. The normalized spacial score (nSPS) is 12.7. The highest BCUT2D eigenvalue weighted by Crippen LogP contribution is 2.21. The Morgan fingerprint density at radius 2 is 1.63 bits per heavy atom. The van der Waals surface area contributed by atoms with Crippen molar-refractivity contribution in [1.29, 1.82) is 0 Å². The first kappa shape index (κ1) is 28.4. The fraction of sp³-hybridized carbons (Fsp3) is 0.481. The Bertz CT molecular complexity index is 1120. The number of nitrogens with zero attached hydrogens (tertiary/aromatic N) is 2. The molecule has 1 atom stereocenters. The topological polar surface area (TPSA) is 86.8 Å². The number of hydrogen-bond donors (Lipinski definition) is 1. The standard InChI is InChI=1S/C27H39N3O4S/c1-8-21-13-15-23(16-14-21)30(35(7,33)34)19-25(31)29(18-22-12-10-11-20(3)17-22)24(9-2)26(32)28-27(4,5)6/h10-17,24H,8-9,18-19H2,1-7H3,(H,28,32)/t24-/m1/s1. The average Bonchev–Trinajstić information content (AvgIpc) is 2.75. The minimum Gasteiger partial charge on any atom is -0.350 e. The van der Waals surface area contributed by atoms with Crippen molar-refractivity contribution in [1.82, 2.24) is 10.2 Å². The molecule has 0 unspecified atom stereocenters. The van der Waals surface area contributed by atoms with Crippen LogP contribution in [0.15, 0.2) is 48.5 Å². The van der Waals surface area contributed by atoms with Crippen LogP contribution in [-0.2, 0) is 32.6 Å². The zero-order valence-electron chi connectivity index (χ0n) is 22.0. The van der Waals surface area contributed by atoms with Crippen molar-refractivity contribution in [2.75, 3.05) is 17.1 Å². The molecule has 2 aromatic carbocycles. The van der Waals surface area contributed by atoms with E-state index in [1.54, 1.807) is 12.1 Å². The van der Waals surface area contributed by atoms with Crippen LogP contribution in [0.2, 0.25) is 0 Å². The predicted molar refractivity (Wildman–Crippen MR) is 142 cm³/mol. The van der Waals surface area contributed by atoms with Gasteiger partial charge in [-0.3, -0.25) is 13.9 Å². The largest absolute Gasteiger partial charge is 0.350 e. The molecule has 35 heavy (non-hydrogen) atoms. The highest BCUT2D eigenvalue weighted by Gasteiger charge is 2.33. The maximum absolute atomic E-state index is 13.7. The van der Waals surface area contributed by atoms with Crippen LogP contribution < -0.4 is 9.62 Å². The summed E-state index contributed by atoms with van der Waals surface area (Å²) < 4.78 is 26.5. The molecule has 1 N–H and O–H groups in total. The van der Waals surface area contributed by atoms with E-state index in [1.807, 2.05) is 77.9 Å². The Kier molecular flexibility index (Phi) is 9.49. The van der Waals surface area contributed by atoms with Gasteiger partial charge in [0.1, 0.15) is 12.6 Å². The van der Waals surface area contributed by atoms with Crippen LogP contribution in [0.5, 0.6) is 0 Å². The summed E-state index contributed by atoms with van der Waals surface area (Å²) in [5, 5.41) is 2.97. The van der Waals surface area contributed by atoms with Crippen LogP contribution in [0.3, 0.4) is 0 Å². The number of carbonyl (C=O) groups excluding carboxylic acids is 2. The van der Waals surface area contributed by atoms with Crippen molar-refractivity contribution >= 4 is 27.5 Å². The minimum atomic E-state index is -3.74. The fourth-order valence-electron chi connectivity index (χ4n) is 3.89. The predicted octanol–water partition coefficient (Wildman–Crippen LogP) is 4.05. The van der Waals surface area contributed by atoms with E-state index in [9.17, 15) is 18.0 Å². The molecule has 0 fully saturated rings. The van der Waals surface area contributed by atoms with E-state index in [1.165, 1.54) is 4.90 Å². The lowest BCUT2D eigenvalue weighted by Crippen LogP contribution is -2.55. The molecular weight excluding hydrogens is 462 g/mol. The first-order valence-corrected chi connectivity index (χ1v) is 13.8. The van der Waals surface area contributed by atoms with Gasteiger partial charge >= 0.3 is 0 Å². The van der Waals surface area contributed by atoms with E-state index in [2.05, 4.69) is 5.32 Å². The summed E-state index contributed by atoms with van der Waals surface area (Å²) in [6, 6.07) is 14.1. The number of aryl methyl sites for hydroxylation is 2. The molecule has 192 valence electrons. The lowest BCUT2D eigenvalue weighted by atomic mass is 10.0. The zero-order chi connectivity index (χ0) is 26.4. The van der Waals surface area contributed by atoms with Gasteiger partial charge in [0.15, 0.2) is 0 Å². The van der Waals surface area contributed by atoms with Crippen LogP contribution in [0.4, 0.5) is 5.69 Å². The van der Waals surface area contributed by atoms with Crippen molar-refractivity contribution < 1.29 is 18.0 Å². The molecular formula is C27H39N3O4S. The maximum Gasteiger partial charge on any atom is 0.244 e. The van der Waals surface area contributed by atoms with Crippen LogP contribution in [-0.4, -0.2) is 49.5 Å². The van der Waals surface area contributed by atoms with Gasteiger partial charge in [-0.05, 0) is 63.8 Å². The summed E-state index contributed by atoms with van der Waals surface area (Å²) in [4.78, 5) is 28.4. The van der Waals surface area contributed by atoms with E-state index in [0.29, 0.717) is 12.1 Å². The molecule has 2 aromatic rings. The van der Waals surface area contributed by atoms with E-state index in [4.69, 9.17) is 0 Å². The third-order valence-corrected chi connectivity index (χ3v) is 6.77. The second-order valence-electron chi connectivity index (χ2n) is 9.96. The molecule has 0 saturated heterocycles. The molecule has 0 aliphatic carbocycles. The molecule has 8 heteroatoms. The summed E-state index contributed by atoms with van der Waals surface area (Å²) >= 11 is 0. The first-order chi connectivity index (χ1) is 16.2. The number of rotatable bonds is 10. The molecule has 0 aliphatic rings. The maximum atomic E-state index is 13.7. The molecule has 2 amide bonds. The second kappa shape index (κ2) is 11.7. The molecule has 7 nitrogen and oxygen atoms in total. The SMILES string of the molecule is CCc1ccc(N(CC(=O)N(Cc2cccc(C)c2)[C@H](CC)C(=O)NC(C)(C)C)S(C)(=O)=O)cc1. The Morgan fingerprint density at radius 1 is 1.00 bits per heavy atom. The quantitative estimate of drug-likeness (QED) is 0.532. The van der Waals surface area contributed by atoms with Gasteiger partial charge in [-0.25, -0.2) is 8.42 Å². The number of benzene rings is 2. The van der Waals surface area contributed by atoms with Gasteiger partial charge < -0.3 is 10.2 Å². The second-order valence-corrected chi connectivity index (χ2v) is 11.9. The Morgan fingerprint density at radius 3 is 2.11 bits per heavy atom.